The average molecular weight is 367 g/mol. The van der Waals surface area contributed by atoms with Gasteiger partial charge in [0.05, 0.1) is 18.5 Å². The molecule has 142 valence electrons. The van der Waals surface area contributed by atoms with Crippen molar-refractivity contribution >= 4 is 6.03 Å². The summed E-state index contributed by atoms with van der Waals surface area (Å²) in [5.41, 5.74) is 4.37. The maximum absolute atomic E-state index is 12.7. The highest BCUT2D eigenvalue weighted by Crippen LogP contribution is 2.12. The van der Waals surface area contributed by atoms with E-state index in [1.54, 1.807) is 23.6 Å². The number of carbonyl (C=O) groups is 1. The van der Waals surface area contributed by atoms with E-state index in [9.17, 15) is 4.79 Å². The summed E-state index contributed by atoms with van der Waals surface area (Å²) in [5.74, 6) is 0.754. The van der Waals surface area contributed by atoms with Crippen molar-refractivity contribution in [3.63, 3.8) is 0 Å². The molecule has 0 radical (unpaired) electrons. The highest BCUT2D eigenvalue weighted by atomic mass is 16.3. The van der Waals surface area contributed by atoms with Crippen LogP contribution in [0.25, 0.3) is 0 Å². The number of aromatic amines is 1. The van der Waals surface area contributed by atoms with Gasteiger partial charge in [-0.3, -0.25) is 10.1 Å². The van der Waals surface area contributed by atoms with Gasteiger partial charge in [-0.05, 0) is 62.1 Å². The summed E-state index contributed by atoms with van der Waals surface area (Å²) in [6.07, 6.45) is 6.82. The molecule has 3 aromatic heterocycles. The van der Waals surface area contributed by atoms with E-state index >= 15 is 0 Å². The van der Waals surface area contributed by atoms with Gasteiger partial charge in [-0.25, -0.2) is 4.79 Å². The Morgan fingerprint density at radius 1 is 1.22 bits per heavy atom. The number of hydrogen-bond acceptors (Lipinski definition) is 4. The smallest absolute Gasteiger partial charge is 0.318 e. The van der Waals surface area contributed by atoms with Crippen molar-refractivity contribution in [3.05, 3.63) is 71.2 Å². The fraction of sp³-hybridized carbons (Fsp3) is 0.350. The Bertz CT molecular complexity index is 823. The number of amides is 2. The summed E-state index contributed by atoms with van der Waals surface area (Å²) >= 11 is 0. The number of pyridine rings is 1. The van der Waals surface area contributed by atoms with Crippen LogP contribution in [0.1, 0.15) is 34.7 Å². The first kappa shape index (κ1) is 18.7. The van der Waals surface area contributed by atoms with Crippen molar-refractivity contribution in [1.29, 1.82) is 0 Å². The Morgan fingerprint density at radius 3 is 2.70 bits per heavy atom. The Kier molecular flexibility index (Phi) is 6.25. The van der Waals surface area contributed by atoms with Gasteiger partial charge in [0.2, 0.25) is 0 Å². The minimum atomic E-state index is -0.108. The van der Waals surface area contributed by atoms with Crippen LogP contribution in [0.2, 0.25) is 0 Å². The zero-order valence-electron chi connectivity index (χ0n) is 15.7. The van der Waals surface area contributed by atoms with Gasteiger partial charge in [0.1, 0.15) is 5.76 Å². The van der Waals surface area contributed by atoms with Crippen LogP contribution >= 0.6 is 0 Å². The number of hydrogen-bond donors (Lipinski definition) is 2. The fourth-order valence-electron chi connectivity index (χ4n) is 3.01. The average Bonchev–Trinajstić information content (AvgIpc) is 3.29. The molecule has 0 aliphatic rings. The quantitative estimate of drug-likeness (QED) is 0.598. The van der Waals surface area contributed by atoms with Gasteiger partial charge in [-0.15, -0.1) is 0 Å². The van der Waals surface area contributed by atoms with Crippen molar-refractivity contribution in [2.45, 2.75) is 39.8 Å². The first-order valence-electron chi connectivity index (χ1n) is 9.08. The molecule has 7 nitrogen and oxygen atoms in total. The third kappa shape index (κ3) is 5.20. The normalized spacial score (nSPS) is 10.7. The van der Waals surface area contributed by atoms with Gasteiger partial charge >= 0.3 is 6.03 Å². The number of furan rings is 1. The second kappa shape index (κ2) is 9.02. The molecule has 0 spiro atoms. The number of aromatic nitrogens is 3. The summed E-state index contributed by atoms with van der Waals surface area (Å²) in [4.78, 5) is 18.5. The molecule has 3 heterocycles. The van der Waals surface area contributed by atoms with Crippen molar-refractivity contribution in [2.24, 2.45) is 0 Å². The van der Waals surface area contributed by atoms with E-state index in [1.165, 1.54) is 5.56 Å². The molecule has 27 heavy (non-hydrogen) atoms. The van der Waals surface area contributed by atoms with Crippen molar-refractivity contribution in [2.75, 3.05) is 6.54 Å². The molecular weight excluding hydrogens is 342 g/mol. The Morgan fingerprint density at radius 2 is 2.04 bits per heavy atom. The second-order valence-electron chi connectivity index (χ2n) is 6.54. The van der Waals surface area contributed by atoms with E-state index in [4.69, 9.17) is 4.42 Å². The van der Waals surface area contributed by atoms with Gasteiger partial charge in [-0.2, -0.15) is 5.10 Å². The van der Waals surface area contributed by atoms with Gasteiger partial charge in [-0.1, -0.05) is 0 Å². The number of rotatable bonds is 8. The zero-order valence-corrected chi connectivity index (χ0v) is 15.7. The Labute approximate surface area is 158 Å². The lowest BCUT2D eigenvalue weighted by Crippen LogP contribution is -2.39. The van der Waals surface area contributed by atoms with Crippen LogP contribution in [-0.4, -0.2) is 32.7 Å². The second-order valence-corrected chi connectivity index (χ2v) is 6.54. The number of carbonyl (C=O) groups excluding carboxylic acids is 1. The lowest BCUT2D eigenvalue weighted by atomic mass is 10.1. The highest BCUT2D eigenvalue weighted by Gasteiger charge is 2.16. The van der Waals surface area contributed by atoms with E-state index in [2.05, 4.69) is 20.5 Å². The topological polar surface area (TPSA) is 87.0 Å². The number of urea groups is 1. The molecule has 0 saturated carbocycles. The maximum atomic E-state index is 12.7. The standard InChI is InChI=1S/C20H25N5O2/c1-15-19(16(2)24-23-15)6-3-9-22-20(26)25(14-18-5-4-12-27-18)13-17-7-10-21-11-8-17/h4-5,7-8,10-12H,3,6,9,13-14H2,1-2H3,(H,22,26)(H,23,24). The molecule has 0 aliphatic heterocycles. The molecule has 0 aromatic carbocycles. The fourth-order valence-corrected chi connectivity index (χ4v) is 3.01. The molecule has 2 N–H and O–H groups in total. The maximum Gasteiger partial charge on any atom is 0.318 e. The van der Waals surface area contributed by atoms with E-state index in [1.807, 2.05) is 38.1 Å². The first-order chi connectivity index (χ1) is 13.1. The Balaban J connectivity index is 1.55. The molecule has 0 saturated heterocycles. The molecular formula is C20H25N5O2. The van der Waals surface area contributed by atoms with E-state index in [0.29, 0.717) is 19.6 Å². The van der Waals surface area contributed by atoms with Crippen LogP contribution in [-0.2, 0) is 19.5 Å². The van der Waals surface area contributed by atoms with Gasteiger partial charge in [0, 0.05) is 31.2 Å². The highest BCUT2D eigenvalue weighted by molar-refractivity contribution is 5.74. The molecule has 3 rings (SSSR count). The van der Waals surface area contributed by atoms with Crippen molar-refractivity contribution in [3.8, 4) is 0 Å². The van der Waals surface area contributed by atoms with Crippen LogP contribution in [0.15, 0.2) is 47.3 Å². The molecule has 3 aromatic rings. The summed E-state index contributed by atoms with van der Waals surface area (Å²) in [6, 6.07) is 7.41. The van der Waals surface area contributed by atoms with E-state index in [-0.39, 0.29) is 6.03 Å². The largest absolute Gasteiger partial charge is 0.467 e. The van der Waals surface area contributed by atoms with Crippen LogP contribution in [0.3, 0.4) is 0 Å². The van der Waals surface area contributed by atoms with Gasteiger partial charge in [0.15, 0.2) is 0 Å². The van der Waals surface area contributed by atoms with Crippen LogP contribution in [0.4, 0.5) is 4.79 Å². The monoisotopic (exact) mass is 367 g/mol. The summed E-state index contributed by atoms with van der Waals surface area (Å²) in [5, 5.41) is 10.2. The third-order valence-electron chi connectivity index (χ3n) is 4.50. The number of aryl methyl sites for hydroxylation is 2. The summed E-state index contributed by atoms with van der Waals surface area (Å²) in [7, 11) is 0. The molecule has 0 fully saturated rings. The van der Waals surface area contributed by atoms with Crippen LogP contribution in [0.5, 0.6) is 0 Å². The predicted molar refractivity (Wildman–Crippen MR) is 102 cm³/mol. The Hall–Kier alpha value is -3.09. The molecule has 7 heteroatoms. The lowest BCUT2D eigenvalue weighted by Gasteiger charge is -2.22. The molecule has 0 bridgehead atoms. The van der Waals surface area contributed by atoms with Gasteiger partial charge < -0.3 is 14.6 Å². The number of nitrogens with zero attached hydrogens (tertiary/aromatic N) is 3. The van der Waals surface area contributed by atoms with Crippen molar-refractivity contribution in [1.82, 2.24) is 25.4 Å². The molecule has 0 unspecified atom stereocenters. The summed E-state index contributed by atoms with van der Waals surface area (Å²) < 4.78 is 5.41. The van der Waals surface area contributed by atoms with Gasteiger partial charge in [0.25, 0.3) is 0 Å². The van der Waals surface area contributed by atoms with Crippen LogP contribution in [0, 0.1) is 13.8 Å². The zero-order chi connectivity index (χ0) is 19.1. The third-order valence-corrected chi connectivity index (χ3v) is 4.50. The van der Waals surface area contributed by atoms with Crippen LogP contribution < -0.4 is 5.32 Å². The molecule has 2 amide bonds. The predicted octanol–water partition coefficient (Wildman–Crippen LogP) is 3.36. The minimum absolute atomic E-state index is 0.108. The summed E-state index contributed by atoms with van der Waals surface area (Å²) in [6.45, 7) is 5.54. The molecule has 0 aliphatic carbocycles. The minimum Gasteiger partial charge on any atom is -0.467 e. The van der Waals surface area contributed by atoms with Crippen molar-refractivity contribution < 1.29 is 9.21 Å². The number of H-pyrrole nitrogens is 1. The lowest BCUT2D eigenvalue weighted by molar-refractivity contribution is 0.187. The van der Waals surface area contributed by atoms with E-state index < -0.39 is 0 Å². The first-order valence-corrected chi connectivity index (χ1v) is 9.08. The molecule has 0 atom stereocenters. The van der Waals surface area contributed by atoms with E-state index in [0.717, 1.165) is 35.6 Å². The number of nitrogens with one attached hydrogen (secondary N) is 2. The SMILES string of the molecule is Cc1n[nH]c(C)c1CCCNC(=O)N(Cc1ccncc1)Cc1ccco1.